The highest BCUT2D eigenvalue weighted by molar-refractivity contribution is 6.17. The van der Waals surface area contributed by atoms with E-state index in [9.17, 15) is 4.79 Å². The van der Waals surface area contributed by atoms with Gasteiger partial charge >= 0.3 is 0 Å². The average molecular weight is 258 g/mol. The lowest BCUT2D eigenvalue weighted by atomic mass is 10.5. The molecule has 1 aliphatic carbocycles. The van der Waals surface area contributed by atoms with E-state index in [1.807, 2.05) is 0 Å². The van der Waals surface area contributed by atoms with Crippen LogP contribution in [0.5, 0.6) is 0 Å². The molecule has 1 N–H and O–H groups in total. The van der Waals surface area contributed by atoms with E-state index < -0.39 is 0 Å². The number of nitrogens with one attached hydrogen (secondary N) is 1. The maximum absolute atomic E-state index is 11.9. The van der Waals surface area contributed by atoms with Crippen molar-refractivity contribution in [2.75, 3.05) is 31.0 Å². The molecule has 0 saturated heterocycles. The van der Waals surface area contributed by atoms with Crippen LogP contribution in [0.1, 0.15) is 18.9 Å². The zero-order valence-electron chi connectivity index (χ0n) is 9.56. The van der Waals surface area contributed by atoms with Crippen molar-refractivity contribution in [2.45, 2.75) is 18.9 Å². The summed E-state index contributed by atoms with van der Waals surface area (Å²) in [5.41, 5.74) is -0.0488. The maximum atomic E-state index is 11.9. The molecule has 0 aromatic carbocycles. The Hall–Kier alpha value is -1.07. The predicted molar refractivity (Wildman–Crippen MR) is 66.8 cm³/mol. The van der Waals surface area contributed by atoms with Crippen molar-refractivity contribution in [3.05, 3.63) is 22.7 Å². The van der Waals surface area contributed by atoms with Crippen molar-refractivity contribution in [3.8, 4) is 0 Å². The average Bonchev–Trinajstić information content (AvgIpc) is 3.15. The van der Waals surface area contributed by atoms with Crippen LogP contribution in [-0.2, 0) is 4.74 Å². The molecule has 2 rings (SSSR count). The van der Waals surface area contributed by atoms with E-state index in [0.717, 1.165) is 12.8 Å². The third kappa shape index (κ3) is 3.44. The molecule has 1 fully saturated rings. The van der Waals surface area contributed by atoms with Gasteiger partial charge in [0.25, 0.3) is 5.56 Å². The van der Waals surface area contributed by atoms with Crippen LogP contribution in [0, 0.1) is 0 Å². The fourth-order valence-corrected chi connectivity index (χ4v) is 1.69. The molecule has 0 radical (unpaired) electrons. The Bertz CT molecular complexity index is 417. The first-order chi connectivity index (χ1) is 8.33. The molecule has 1 aromatic heterocycles. The summed E-state index contributed by atoms with van der Waals surface area (Å²) < 4.78 is 6.95. The molecule has 94 valence electrons. The van der Waals surface area contributed by atoms with Crippen LogP contribution >= 0.6 is 11.6 Å². The molecular weight excluding hydrogens is 242 g/mol. The third-order valence-corrected chi connectivity index (χ3v) is 2.72. The first-order valence-electron chi connectivity index (χ1n) is 5.77. The van der Waals surface area contributed by atoms with Gasteiger partial charge in [-0.15, -0.1) is 11.6 Å². The SMILES string of the molecule is O=c1c(NCCOCCCl)nccn1C1CC1. The first kappa shape index (κ1) is 12.4. The van der Waals surface area contributed by atoms with Gasteiger partial charge in [0.05, 0.1) is 13.2 Å². The van der Waals surface area contributed by atoms with Crippen LogP contribution in [-0.4, -0.2) is 35.2 Å². The summed E-state index contributed by atoms with van der Waals surface area (Å²) in [5, 5.41) is 2.98. The highest BCUT2D eigenvalue weighted by atomic mass is 35.5. The Morgan fingerprint density at radius 1 is 1.53 bits per heavy atom. The zero-order valence-corrected chi connectivity index (χ0v) is 10.3. The van der Waals surface area contributed by atoms with Gasteiger partial charge in [0.2, 0.25) is 0 Å². The molecule has 1 saturated carbocycles. The number of alkyl halides is 1. The normalized spacial score (nSPS) is 14.9. The molecule has 0 aliphatic heterocycles. The molecule has 0 amide bonds. The molecule has 1 aromatic rings. The van der Waals surface area contributed by atoms with Gasteiger partial charge in [-0.1, -0.05) is 0 Å². The molecule has 0 spiro atoms. The summed E-state index contributed by atoms with van der Waals surface area (Å²) in [6.45, 7) is 1.61. The second-order valence-corrected chi connectivity index (χ2v) is 4.33. The molecule has 0 unspecified atom stereocenters. The summed E-state index contributed by atoms with van der Waals surface area (Å²) in [6.07, 6.45) is 5.57. The van der Waals surface area contributed by atoms with Crippen molar-refractivity contribution in [1.82, 2.24) is 9.55 Å². The summed E-state index contributed by atoms with van der Waals surface area (Å²) in [4.78, 5) is 16.0. The van der Waals surface area contributed by atoms with Gasteiger partial charge in [0.15, 0.2) is 5.82 Å². The number of ether oxygens (including phenoxy) is 1. The quantitative estimate of drug-likeness (QED) is 0.590. The molecule has 1 heterocycles. The summed E-state index contributed by atoms with van der Waals surface area (Å²) in [6, 6.07) is 0.374. The summed E-state index contributed by atoms with van der Waals surface area (Å²) in [5.74, 6) is 0.881. The van der Waals surface area contributed by atoms with Gasteiger partial charge in [0, 0.05) is 30.9 Å². The van der Waals surface area contributed by atoms with Crippen molar-refractivity contribution in [1.29, 1.82) is 0 Å². The smallest absolute Gasteiger partial charge is 0.293 e. The van der Waals surface area contributed by atoms with Crippen LogP contribution in [0.2, 0.25) is 0 Å². The standard InChI is InChI=1S/C11H16ClN3O2/c12-3-7-17-8-5-14-10-11(16)15(6-4-13-10)9-1-2-9/h4,6,9H,1-3,5,7-8H2,(H,13,14). The molecule has 1 aliphatic rings. The van der Waals surface area contributed by atoms with Crippen LogP contribution in [0.15, 0.2) is 17.2 Å². The minimum atomic E-state index is -0.0488. The van der Waals surface area contributed by atoms with Gasteiger partial charge in [-0.3, -0.25) is 4.79 Å². The summed E-state index contributed by atoms with van der Waals surface area (Å²) >= 11 is 5.47. The zero-order chi connectivity index (χ0) is 12.1. The largest absolute Gasteiger partial charge is 0.378 e. The number of halogens is 1. The van der Waals surface area contributed by atoms with Gasteiger partial charge < -0.3 is 14.6 Å². The number of aromatic nitrogens is 2. The van der Waals surface area contributed by atoms with Gasteiger partial charge in [-0.25, -0.2) is 4.98 Å². The van der Waals surface area contributed by atoms with Crippen molar-refractivity contribution < 1.29 is 4.74 Å². The minimum Gasteiger partial charge on any atom is -0.378 e. The second kappa shape index (κ2) is 6.02. The highest BCUT2D eigenvalue weighted by Crippen LogP contribution is 2.33. The molecule has 5 nitrogen and oxygen atoms in total. The Morgan fingerprint density at radius 3 is 3.06 bits per heavy atom. The number of anilines is 1. The Morgan fingerprint density at radius 2 is 2.35 bits per heavy atom. The lowest BCUT2D eigenvalue weighted by Gasteiger charge is -2.08. The molecule has 17 heavy (non-hydrogen) atoms. The van der Waals surface area contributed by atoms with Crippen molar-refractivity contribution in [2.24, 2.45) is 0 Å². The predicted octanol–water partition coefficient (Wildman–Crippen LogP) is 1.25. The second-order valence-electron chi connectivity index (χ2n) is 3.95. The molecule has 0 bridgehead atoms. The van der Waals surface area contributed by atoms with Crippen LogP contribution in [0.3, 0.4) is 0 Å². The third-order valence-electron chi connectivity index (χ3n) is 2.57. The van der Waals surface area contributed by atoms with Gasteiger partial charge in [-0.05, 0) is 12.8 Å². The minimum absolute atomic E-state index is 0.0488. The van der Waals surface area contributed by atoms with Gasteiger partial charge in [-0.2, -0.15) is 0 Å². The van der Waals surface area contributed by atoms with E-state index in [4.69, 9.17) is 16.3 Å². The highest BCUT2D eigenvalue weighted by Gasteiger charge is 2.25. The van der Waals surface area contributed by atoms with E-state index in [0.29, 0.717) is 37.5 Å². The van der Waals surface area contributed by atoms with E-state index in [2.05, 4.69) is 10.3 Å². The van der Waals surface area contributed by atoms with Crippen LogP contribution in [0.25, 0.3) is 0 Å². The lowest BCUT2D eigenvalue weighted by Crippen LogP contribution is -2.25. The monoisotopic (exact) mass is 257 g/mol. The fraction of sp³-hybridized carbons (Fsp3) is 0.636. The van der Waals surface area contributed by atoms with Crippen LogP contribution in [0.4, 0.5) is 5.82 Å². The van der Waals surface area contributed by atoms with Crippen molar-refractivity contribution in [3.63, 3.8) is 0 Å². The first-order valence-corrected chi connectivity index (χ1v) is 6.31. The number of nitrogens with zero attached hydrogens (tertiary/aromatic N) is 2. The van der Waals surface area contributed by atoms with E-state index in [1.165, 1.54) is 0 Å². The topological polar surface area (TPSA) is 56.1 Å². The number of rotatable bonds is 7. The number of hydrogen-bond donors (Lipinski definition) is 1. The van der Waals surface area contributed by atoms with E-state index >= 15 is 0 Å². The van der Waals surface area contributed by atoms with Gasteiger partial charge in [0.1, 0.15) is 0 Å². The molecule has 6 heteroatoms. The summed E-state index contributed by atoms with van der Waals surface area (Å²) in [7, 11) is 0. The fourth-order valence-electron chi connectivity index (χ4n) is 1.58. The Balaban J connectivity index is 1.87. The Kier molecular flexibility index (Phi) is 4.39. The Labute approximate surface area is 105 Å². The molecule has 0 atom stereocenters. The van der Waals surface area contributed by atoms with E-state index in [1.54, 1.807) is 17.0 Å². The molecular formula is C11H16ClN3O2. The van der Waals surface area contributed by atoms with Crippen LogP contribution < -0.4 is 10.9 Å². The lowest BCUT2D eigenvalue weighted by molar-refractivity contribution is 0.160. The number of hydrogen-bond acceptors (Lipinski definition) is 4. The van der Waals surface area contributed by atoms with E-state index in [-0.39, 0.29) is 5.56 Å². The van der Waals surface area contributed by atoms with Crippen molar-refractivity contribution >= 4 is 17.4 Å². The maximum Gasteiger partial charge on any atom is 0.293 e.